The highest BCUT2D eigenvalue weighted by atomic mass is 32.1. The molecular formula is C10H14N2S. The van der Waals surface area contributed by atoms with E-state index in [0.29, 0.717) is 0 Å². The minimum atomic E-state index is 0.982. The van der Waals surface area contributed by atoms with Crippen LogP contribution in [-0.4, -0.2) is 30.9 Å². The van der Waals surface area contributed by atoms with E-state index in [-0.39, 0.29) is 0 Å². The summed E-state index contributed by atoms with van der Waals surface area (Å²) in [6, 6.07) is 4.31. The van der Waals surface area contributed by atoms with Gasteiger partial charge >= 0.3 is 0 Å². The van der Waals surface area contributed by atoms with E-state index in [0.717, 1.165) is 25.9 Å². The third-order valence-electron chi connectivity index (χ3n) is 2.35. The molecule has 0 unspecified atom stereocenters. The Labute approximate surface area is 82.9 Å². The topological polar surface area (TPSA) is 15.6 Å². The average Bonchev–Trinajstić information content (AvgIpc) is 2.72. The van der Waals surface area contributed by atoms with Crippen molar-refractivity contribution in [3.63, 3.8) is 0 Å². The van der Waals surface area contributed by atoms with Crippen LogP contribution in [0.3, 0.4) is 0 Å². The molecule has 1 aliphatic rings. The zero-order chi connectivity index (χ0) is 9.10. The number of thiophene rings is 1. The molecule has 0 fully saturated rings. The van der Waals surface area contributed by atoms with Gasteiger partial charge < -0.3 is 4.90 Å². The zero-order valence-corrected chi connectivity index (χ0v) is 8.68. The van der Waals surface area contributed by atoms with Gasteiger partial charge in [0.2, 0.25) is 0 Å². The quantitative estimate of drug-likeness (QED) is 0.719. The lowest BCUT2D eigenvalue weighted by Crippen LogP contribution is -2.22. The Hall–Kier alpha value is -0.830. The maximum Gasteiger partial charge on any atom is 0.0991 e. The molecule has 0 spiro atoms. The maximum absolute atomic E-state index is 4.46. The number of likely N-dealkylation sites (N-methyl/N-ethyl adjacent to an activating group) is 1. The minimum Gasteiger partial charge on any atom is -0.362 e. The van der Waals surface area contributed by atoms with Crippen molar-refractivity contribution in [1.82, 2.24) is 4.90 Å². The van der Waals surface area contributed by atoms with E-state index in [1.807, 2.05) is 11.3 Å². The summed E-state index contributed by atoms with van der Waals surface area (Å²) in [5, 5.41) is 2.13. The molecule has 3 heteroatoms. The maximum atomic E-state index is 4.46. The van der Waals surface area contributed by atoms with E-state index in [1.165, 1.54) is 10.7 Å². The number of amidine groups is 1. The fourth-order valence-corrected chi connectivity index (χ4v) is 2.25. The zero-order valence-electron chi connectivity index (χ0n) is 7.86. The Morgan fingerprint density at radius 2 is 2.46 bits per heavy atom. The SMILES string of the molecule is CN1CCN=C1CCc1cccs1. The molecule has 2 nitrogen and oxygen atoms in total. The van der Waals surface area contributed by atoms with Crippen LogP contribution < -0.4 is 0 Å². The van der Waals surface area contributed by atoms with Gasteiger partial charge in [-0.2, -0.15) is 0 Å². The van der Waals surface area contributed by atoms with Crippen molar-refractivity contribution >= 4 is 17.2 Å². The number of aryl methyl sites for hydroxylation is 1. The molecule has 1 aliphatic heterocycles. The summed E-state index contributed by atoms with van der Waals surface area (Å²) in [6.07, 6.45) is 2.23. The van der Waals surface area contributed by atoms with Crippen molar-refractivity contribution in [1.29, 1.82) is 0 Å². The van der Waals surface area contributed by atoms with Gasteiger partial charge in [0.15, 0.2) is 0 Å². The van der Waals surface area contributed by atoms with E-state index in [1.54, 1.807) is 0 Å². The van der Waals surface area contributed by atoms with Crippen LogP contribution in [0.1, 0.15) is 11.3 Å². The molecule has 2 rings (SSSR count). The fraction of sp³-hybridized carbons (Fsp3) is 0.500. The van der Waals surface area contributed by atoms with Crippen LogP contribution in [-0.2, 0) is 6.42 Å². The van der Waals surface area contributed by atoms with Gasteiger partial charge in [0.05, 0.1) is 12.4 Å². The molecule has 0 saturated carbocycles. The smallest absolute Gasteiger partial charge is 0.0991 e. The van der Waals surface area contributed by atoms with Gasteiger partial charge in [-0.25, -0.2) is 0 Å². The number of aliphatic imine (C=N–C) groups is 1. The Balaban J connectivity index is 1.86. The first-order chi connectivity index (χ1) is 6.36. The molecule has 0 N–H and O–H groups in total. The molecule has 0 aliphatic carbocycles. The molecule has 0 bridgehead atoms. The van der Waals surface area contributed by atoms with Crippen molar-refractivity contribution in [3.05, 3.63) is 22.4 Å². The van der Waals surface area contributed by atoms with Crippen molar-refractivity contribution in [2.75, 3.05) is 20.1 Å². The van der Waals surface area contributed by atoms with E-state index in [2.05, 4.69) is 34.5 Å². The van der Waals surface area contributed by atoms with Crippen molar-refractivity contribution in [2.45, 2.75) is 12.8 Å². The molecule has 0 aromatic carbocycles. The molecule has 1 aromatic heterocycles. The van der Waals surface area contributed by atoms with Gasteiger partial charge in [0, 0.05) is 24.9 Å². The Morgan fingerprint density at radius 1 is 1.54 bits per heavy atom. The van der Waals surface area contributed by atoms with Crippen LogP contribution >= 0.6 is 11.3 Å². The molecule has 1 aromatic rings. The van der Waals surface area contributed by atoms with E-state index < -0.39 is 0 Å². The van der Waals surface area contributed by atoms with Crippen LogP contribution in [0.4, 0.5) is 0 Å². The molecule has 2 heterocycles. The summed E-state index contributed by atoms with van der Waals surface area (Å²) < 4.78 is 0. The lowest BCUT2D eigenvalue weighted by atomic mass is 10.2. The van der Waals surface area contributed by atoms with Gasteiger partial charge in [0.25, 0.3) is 0 Å². The van der Waals surface area contributed by atoms with Gasteiger partial charge in [-0.1, -0.05) is 6.07 Å². The van der Waals surface area contributed by atoms with Crippen molar-refractivity contribution in [3.8, 4) is 0 Å². The van der Waals surface area contributed by atoms with Crippen LogP contribution in [0.25, 0.3) is 0 Å². The molecule has 0 saturated heterocycles. The van der Waals surface area contributed by atoms with E-state index >= 15 is 0 Å². The Bertz CT molecular complexity index is 290. The highest BCUT2D eigenvalue weighted by molar-refractivity contribution is 7.09. The first-order valence-corrected chi connectivity index (χ1v) is 5.51. The molecule has 0 radical (unpaired) electrons. The summed E-state index contributed by atoms with van der Waals surface area (Å²) in [7, 11) is 2.13. The second kappa shape index (κ2) is 3.92. The lowest BCUT2D eigenvalue weighted by molar-refractivity contribution is 0.544. The predicted molar refractivity (Wildman–Crippen MR) is 57.6 cm³/mol. The van der Waals surface area contributed by atoms with Crippen LogP contribution in [0, 0.1) is 0 Å². The minimum absolute atomic E-state index is 0.982. The van der Waals surface area contributed by atoms with Crippen LogP contribution in [0.2, 0.25) is 0 Å². The third-order valence-corrected chi connectivity index (χ3v) is 3.28. The first kappa shape index (κ1) is 8.75. The summed E-state index contributed by atoms with van der Waals surface area (Å²) in [4.78, 5) is 8.18. The van der Waals surface area contributed by atoms with E-state index in [9.17, 15) is 0 Å². The highest BCUT2D eigenvalue weighted by Gasteiger charge is 2.11. The first-order valence-electron chi connectivity index (χ1n) is 4.63. The second-order valence-corrected chi connectivity index (χ2v) is 4.33. The summed E-state index contributed by atoms with van der Waals surface area (Å²) >= 11 is 1.83. The Kier molecular flexibility index (Phi) is 2.64. The normalized spacial score (nSPS) is 16.4. The van der Waals surface area contributed by atoms with Gasteiger partial charge in [-0.3, -0.25) is 4.99 Å². The van der Waals surface area contributed by atoms with Crippen molar-refractivity contribution in [2.24, 2.45) is 4.99 Å². The summed E-state index contributed by atoms with van der Waals surface area (Å²) in [5.41, 5.74) is 0. The molecular weight excluding hydrogens is 180 g/mol. The third kappa shape index (κ3) is 2.10. The van der Waals surface area contributed by atoms with Crippen LogP contribution in [0.5, 0.6) is 0 Å². The van der Waals surface area contributed by atoms with Crippen molar-refractivity contribution < 1.29 is 0 Å². The average molecular weight is 194 g/mol. The number of hydrogen-bond donors (Lipinski definition) is 0. The summed E-state index contributed by atoms with van der Waals surface area (Å²) in [6.45, 7) is 2.08. The second-order valence-electron chi connectivity index (χ2n) is 3.30. The van der Waals surface area contributed by atoms with Gasteiger partial charge in [-0.15, -0.1) is 11.3 Å². The fourth-order valence-electron chi connectivity index (χ4n) is 1.54. The van der Waals surface area contributed by atoms with Crippen LogP contribution in [0.15, 0.2) is 22.5 Å². The van der Waals surface area contributed by atoms with Gasteiger partial charge in [-0.05, 0) is 17.9 Å². The Morgan fingerprint density at radius 3 is 3.08 bits per heavy atom. The highest BCUT2D eigenvalue weighted by Crippen LogP contribution is 2.13. The lowest BCUT2D eigenvalue weighted by Gasteiger charge is -2.12. The predicted octanol–water partition coefficient (Wildman–Crippen LogP) is 2.02. The largest absolute Gasteiger partial charge is 0.362 e. The standard InChI is InChI=1S/C10H14N2S/c1-12-7-6-11-10(12)5-4-9-3-2-8-13-9/h2-3,8H,4-7H2,1H3. The summed E-state index contributed by atoms with van der Waals surface area (Å²) in [5.74, 6) is 1.27. The molecule has 0 atom stereocenters. The molecule has 13 heavy (non-hydrogen) atoms. The van der Waals surface area contributed by atoms with E-state index in [4.69, 9.17) is 0 Å². The monoisotopic (exact) mass is 194 g/mol. The van der Waals surface area contributed by atoms with Gasteiger partial charge in [0.1, 0.15) is 0 Å². The number of rotatable bonds is 3. The molecule has 70 valence electrons. The number of hydrogen-bond acceptors (Lipinski definition) is 3. The molecule has 0 amide bonds. The number of nitrogens with zero attached hydrogens (tertiary/aromatic N) is 2.